The molecule has 3 rings (SSSR count). The third kappa shape index (κ3) is 5.00. The summed E-state index contributed by atoms with van der Waals surface area (Å²) in [6, 6.07) is 22.1. The van der Waals surface area contributed by atoms with Gasteiger partial charge in [-0.15, -0.1) is 0 Å². The van der Waals surface area contributed by atoms with Crippen LogP contribution in [0.5, 0.6) is 5.75 Å². The Balaban J connectivity index is 1.68. The van der Waals surface area contributed by atoms with Gasteiger partial charge < -0.3 is 10.1 Å². The number of benzene rings is 3. The molecule has 0 aliphatic heterocycles. The van der Waals surface area contributed by atoms with E-state index in [0.29, 0.717) is 13.2 Å². The molecule has 0 radical (unpaired) electrons. The number of halogens is 2. The molecule has 4 heteroatoms. The predicted octanol–water partition coefficient (Wildman–Crippen LogP) is 6.60. The molecule has 0 saturated carbocycles. The molecule has 0 aromatic heterocycles. The van der Waals surface area contributed by atoms with Crippen LogP contribution in [0.4, 0.5) is 5.69 Å². The van der Waals surface area contributed by atoms with E-state index < -0.39 is 0 Å². The maximum absolute atomic E-state index is 6.09. The minimum Gasteiger partial charge on any atom is -0.489 e. The molecule has 0 bridgehead atoms. The average Bonchev–Trinajstić information content (AvgIpc) is 2.63. The fraction of sp³-hybridized carbons (Fsp3) is 0.143. The first-order chi connectivity index (χ1) is 12.1. The lowest BCUT2D eigenvalue weighted by Gasteiger charge is -2.14. The Labute approximate surface area is 161 Å². The summed E-state index contributed by atoms with van der Waals surface area (Å²) in [5.41, 5.74) is 4.45. The van der Waals surface area contributed by atoms with Crippen molar-refractivity contribution in [1.29, 1.82) is 0 Å². The summed E-state index contributed by atoms with van der Waals surface area (Å²) in [4.78, 5) is 0. The topological polar surface area (TPSA) is 21.3 Å². The van der Waals surface area contributed by atoms with Gasteiger partial charge >= 0.3 is 0 Å². The molecule has 25 heavy (non-hydrogen) atoms. The van der Waals surface area contributed by atoms with E-state index in [1.54, 1.807) is 0 Å². The maximum atomic E-state index is 6.09. The predicted molar refractivity (Wildman–Crippen MR) is 108 cm³/mol. The van der Waals surface area contributed by atoms with Crippen LogP contribution in [0.15, 0.2) is 71.2 Å². The van der Waals surface area contributed by atoms with Crippen LogP contribution in [0, 0.1) is 6.92 Å². The van der Waals surface area contributed by atoms with Crippen LogP contribution in [0.1, 0.15) is 16.7 Å². The Kier molecular flexibility index (Phi) is 6.00. The van der Waals surface area contributed by atoms with E-state index in [1.165, 1.54) is 0 Å². The number of nitrogens with one attached hydrogen (secondary N) is 1. The van der Waals surface area contributed by atoms with Gasteiger partial charge in [-0.3, -0.25) is 0 Å². The van der Waals surface area contributed by atoms with E-state index >= 15 is 0 Å². The first kappa shape index (κ1) is 17.8. The largest absolute Gasteiger partial charge is 0.489 e. The van der Waals surface area contributed by atoms with Crippen molar-refractivity contribution in [3.63, 3.8) is 0 Å². The monoisotopic (exact) mass is 415 g/mol. The molecule has 0 spiro atoms. The fourth-order valence-electron chi connectivity index (χ4n) is 2.51. The third-order valence-electron chi connectivity index (χ3n) is 3.95. The Morgan fingerprint density at radius 3 is 2.56 bits per heavy atom. The van der Waals surface area contributed by atoms with Gasteiger partial charge in [0.25, 0.3) is 0 Å². The summed E-state index contributed by atoms with van der Waals surface area (Å²) < 4.78 is 7.09. The minimum atomic E-state index is 0.542. The van der Waals surface area contributed by atoms with Gasteiger partial charge in [0.2, 0.25) is 0 Å². The molecule has 0 fully saturated rings. The SMILES string of the molecule is Cc1ccc(Cl)cc1NCc1ccccc1OCc1ccc(Br)cc1. The molecule has 0 aliphatic carbocycles. The molecule has 1 N–H and O–H groups in total. The second-order valence-electron chi connectivity index (χ2n) is 5.84. The summed E-state index contributed by atoms with van der Waals surface area (Å²) in [6.07, 6.45) is 0. The van der Waals surface area contributed by atoms with Crippen LogP contribution in [0.3, 0.4) is 0 Å². The minimum absolute atomic E-state index is 0.542. The molecule has 3 aromatic rings. The molecular formula is C21H19BrClNO. The Morgan fingerprint density at radius 1 is 1.00 bits per heavy atom. The van der Waals surface area contributed by atoms with Crippen LogP contribution in [0.25, 0.3) is 0 Å². The summed E-state index contributed by atoms with van der Waals surface area (Å²) in [6.45, 7) is 3.28. The number of hydrogen-bond donors (Lipinski definition) is 1. The quantitative estimate of drug-likeness (QED) is 0.488. The Morgan fingerprint density at radius 2 is 1.76 bits per heavy atom. The van der Waals surface area contributed by atoms with Gasteiger partial charge in [-0.05, 0) is 48.4 Å². The van der Waals surface area contributed by atoms with Gasteiger partial charge in [-0.2, -0.15) is 0 Å². The van der Waals surface area contributed by atoms with Gasteiger partial charge in [0.15, 0.2) is 0 Å². The highest BCUT2D eigenvalue weighted by molar-refractivity contribution is 9.10. The standard InChI is InChI=1S/C21H19BrClNO/c1-15-6-11-19(23)12-20(15)24-13-17-4-2-3-5-21(17)25-14-16-7-9-18(22)10-8-16/h2-12,24H,13-14H2,1H3. The van der Waals surface area contributed by atoms with Crippen molar-refractivity contribution < 1.29 is 4.74 Å². The first-order valence-electron chi connectivity index (χ1n) is 8.07. The highest BCUT2D eigenvalue weighted by Crippen LogP contribution is 2.24. The zero-order valence-corrected chi connectivity index (χ0v) is 16.3. The smallest absolute Gasteiger partial charge is 0.124 e. The van der Waals surface area contributed by atoms with E-state index in [-0.39, 0.29) is 0 Å². The third-order valence-corrected chi connectivity index (χ3v) is 4.71. The lowest BCUT2D eigenvalue weighted by Crippen LogP contribution is -2.04. The first-order valence-corrected chi connectivity index (χ1v) is 9.24. The lowest BCUT2D eigenvalue weighted by atomic mass is 10.1. The molecule has 0 saturated heterocycles. The molecule has 0 amide bonds. The van der Waals surface area contributed by atoms with Crippen LogP contribution in [-0.2, 0) is 13.2 Å². The maximum Gasteiger partial charge on any atom is 0.124 e. The normalized spacial score (nSPS) is 10.5. The van der Waals surface area contributed by atoms with Crippen molar-refractivity contribution in [3.05, 3.63) is 92.9 Å². The van der Waals surface area contributed by atoms with Crippen molar-refractivity contribution in [2.24, 2.45) is 0 Å². The number of ether oxygens (including phenoxy) is 1. The zero-order chi connectivity index (χ0) is 17.6. The molecule has 0 heterocycles. The van der Waals surface area contributed by atoms with Crippen molar-refractivity contribution >= 4 is 33.2 Å². The Hall–Kier alpha value is -1.97. The van der Waals surface area contributed by atoms with E-state index in [1.807, 2.05) is 48.5 Å². The molecule has 2 nitrogen and oxygen atoms in total. The summed E-state index contributed by atoms with van der Waals surface area (Å²) in [5.74, 6) is 0.887. The molecule has 3 aromatic carbocycles. The van der Waals surface area contributed by atoms with Crippen molar-refractivity contribution in [1.82, 2.24) is 0 Å². The highest BCUT2D eigenvalue weighted by Gasteiger charge is 2.05. The van der Waals surface area contributed by atoms with Gasteiger partial charge in [-0.1, -0.05) is 63.9 Å². The van der Waals surface area contributed by atoms with Gasteiger partial charge in [0.1, 0.15) is 12.4 Å². The van der Waals surface area contributed by atoms with E-state index in [9.17, 15) is 0 Å². The lowest BCUT2D eigenvalue weighted by molar-refractivity contribution is 0.303. The summed E-state index contributed by atoms with van der Waals surface area (Å²) in [7, 11) is 0. The van der Waals surface area contributed by atoms with E-state index in [4.69, 9.17) is 16.3 Å². The zero-order valence-electron chi connectivity index (χ0n) is 13.9. The molecule has 0 aliphatic rings. The molecule has 128 valence electrons. The van der Waals surface area contributed by atoms with Crippen LogP contribution < -0.4 is 10.1 Å². The fourth-order valence-corrected chi connectivity index (χ4v) is 2.94. The second-order valence-corrected chi connectivity index (χ2v) is 7.19. The van der Waals surface area contributed by atoms with Gasteiger partial charge in [0, 0.05) is 27.3 Å². The molecule has 0 atom stereocenters. The number of aryl methyl sites for hydroxylation is 1. The van der Waals surface area contributed by atoms with Crippen molar-refractivity contribution in [3.8, 4) is 5.75 Å². The van der Waals surface area contributed by atoms with Crippen molar-refractivity contribution in [2.45, 2.75) is 20.1 Å². The molecule has 0 unspecified atom stereocenters. The Bertz CT molecular complexity index is 849. The molecular weight excluding hydrogens is 398 g/mol. The van der Waals surface area contributed by atoms with Crippen molar-refractivity contribution in [2.75, 3.05) is 5.32 Å². The number of para-hydroxylation sites is 1. The van der Waals surface area contributed by atoms with Crippen LogP contribution >= 0.6 is 27.5 Å². The highest BCUT2D eigenvalue weighted by atomic mass is 79.9. The second kappa shape index (κ2) is 8.41. The van der Waals surface area contributed by atoms with Crippen LogP contribution in [-0.4, -0.2) is 0 Å². The van der Waals surface area contributed by atoms with Crippen LogP contribution in [0.2, 0.25) is 5.02 Å². The number of rotatable bonds is 6. The average molecular weight is 417 g/mol. The number of hydrogen-bond acceptors (Lipinski definition) is 2. The van der Waals surface area contributed by atoms with E-state index in [0.717, 1.165) is 37.6 Å². The number of anilines is 1. The van der Waals surface area contributed by atoms with E-state index in [2.05, 4.69) is 46.4 Å². The summed E-state index contributed by atoms with van der Waals surface area (Å²) in [5, 5.41) is 4.17. The van der Waals surface area contributed by atoms with Gasteiger partial charge in [-0.25, -0.2) is 0 Å². The summed E-state index contributed by atoms with van der Waals surface area (Å²) >= 11 is 9.54. The van der Waals surface area contributed by atoms with Gasteiger partial charge in [0.05, 0.1) is 0 Å².